The van der Waals surface area contributed by atoms with Crippen LogP contribution in [0.4, 0.5) is 0 Å². The molecule has 1 N–H and O–H groups in total. The Morgan fingerprint density at radius 3 is 2.64 bits per heavy atom. The molecule has 25 heavy (non-hydrogen) atoms. The van der Waals surface area contributed by atoms with Gasteiger partial charge in [0.2, 0.25) is 0 Å². The number of thiazole rings is 1. The van der Waals surface area contributed by atoms with Crippen LogP contribution < -0.4 is 5.32 Å². The van der Waals surface area contributed by atoms with Crippen LogP contribution in [-0.2, 0) is 6.54 Å². The van der Waals surface area contributed by atoms with Crippen LogP contribution in [0.3, 0.4) is 0 Å². The summed E-state index contributed by atoms with van der Waals surface area (Å²) in [5, 5.41) is 8.30. The zero-order valence-corrected chi connectivity index (χ0v) is 15.6. The van der Waals surface area contributed by atoms with Crippen molar-refractivity contribution in [2.45, 2.75) is 33.7 Å². The maximum atomic E-state index is 12.4. The highest BCUT2D eigenvalue weighted by molar-refractivity contribution is 7.17. The van der Waals surface area contributed by atoms with E-state index in [1.54, 1.807) is 0 Å². The second kappa shape index (κ2) is 7.61. The summed E-state index contributed by atoms with van der Waals surface area (Å²) in [6.45, 7) is 7.34. The first-order chi connectivity index (χ1) is 12.0. The zero-order chi connectivity index (χ0) is 17.8. The number of hydrogen-bond donors (Lipinski definition) is 1. The molecule has 0 radical (unpaired) electrons. The minimum atomic E-state index is -0.0504. The van der Waals surface area contributed by atoms with E-state index in [1.165, 1.54) is 11.3 Å². The number of hydrogen-bond acceptors (Lipinski definition) is 4. The number of aromatic nitrogens is 3. The SMILES string of the molecule is Cc1cc(C)n(CCCNC(=O)c2sc(-c3ccccc3)nc2C)n1. The van der Waals surface area contributed by atoms with Gasteiger partial charge in [0.15, 0.2) is 0 Å². The molecule has 6 heteroatoms. The Bertz CT molecular complexity index is 867. The van der Waals surface area contributed by atoms with Crippen LogP contribution in [0.25, 0.3) is 10.6 Å². The number of nitrogens with one attached hydrogen (secondary N) is 1. The van der Waals surface area contributed by atoms with Crippen molar-refractivity contribution in [1.29, 1.82) is 0 Å². The lowest BCUT2D eigenvalue weighted by Gasteiger charge is -2.06. The predicted octanol–water partition coefficient (Wildman–Crippen LogP) is 3.75. The highest BCUT2D eigenvalue weighted by atomic mass is 32.1. The number of aryl methyl sites for hydroxylation is 4. The molecule has 0 aliphatic heterocycles. The summed E-state index contributed by atoms with van der Waals surface area (Å²) in [6.07, 6.45) is 0.844. The molecule has 130 valence electrons. The molecule has 0 aliphatic rings. The second-order valence-corrected chi connectivity index (χ2v) is 7.06. The summed E-state index contributed by atoms with van der Waals surface area (Å²) in [5.74, 6) is -0.0504. The first-order valence-electron chi connectivity index (χ1n) is 8.36. The van der Waals surface area contributed by atoms with E-state index in [0.29, 0.717) is 11.4 Å². The topological polar surface area (TPSA) is 59.8 Å². The fourth-order valence-corrected chi connectivity index (χ4v) is 3.71. The smallest absolute Gasteiger partial charge is 0.263 e. The van der Waals surface area contributed by atoms with Crippen LogP contribution in [0.2, 0.25) is 0 Å². The van der Waals surface area contributed by atoms with Gasteiger partial charge in [-0.15, -0.1) is 11.3 Å². The molecule has 0 saturated carbocycles. The fraction of sp³-hybridized carbons (Fsp3) is 0.316. The molecule has 2 heterocycles. The van der Waals surface area contributed by atoms with Gasteiger partial charge in [-0.3, -0.25) is 9.48 Å². The van der Waals surface area contributed by atoms with Crippen LogP contribution in [0.1, 0.15) is 33.2 Å². The summed E-state index contributed by atoms with van der Waals surface area (Å²) >= 11 is 1.44. The summed E-state index contributed by atoms with van der Waals surface area (Å²) < 4.78 is 1.98. The Hall–Kier alpha value is -2.47. The number of carbonyl (C=O) groups excluding carboxylic acids is 1. The Morgan fingerprint density at radius 2 is 1.96 bits per heavy atom. The van der Waals surface area contributed by atoms with Crippen LogP contribution in [-0.4, -0.2) is 27.2 Å². The molecule has 0 bridgehead atoms. The monoisotopic (exact) mass is 354 g/mol. The molecule has 3 rings (SSSR count). The summed E-state index contributed by atoms with van der Waals surface area (Å²) in [7, 11) is 0. The third kappa shape index (κ3) is 4.14. The number of rotatable bonds is 6. The maximum absolute atomic E-state index is 12.4. The number of carbonyl (C=O) groups is 1. The van der Waals surface area contributed by atoms with Gasteiger partial charge in [-0.25, -0.2) is 4.98 Å². The lowest BCUT2D eigenvalue weighted by atomic mass is 10.2. The first-order valence-corrected chi connectivity index (χ1v) is 9.18. The van der Waals surface area contributed by atoms with Gasteiger partial charge in [0.1, 0.15) is 9.88 Å². The van der Waals surface area contributed by atoms with Gasteiger partial charge >= 0.3 is 0 Å². The van der Waals surface area contributed by atoms with Crippen molar-refractivity contribution in [2.24, 2.45) is 0 Å². The Morgan fingerprint density at radius 1 is 1.20 bits per heavy atom. The molecule has 5 nitrogen and oxygen atoms in total. The van der Waals surface area contributed by atoms with Crippen molar-refractivity contribution in [2.75, 3.05) is 6.54 Å². The summed E-state index contributed by atoms with van der Waals surface area (Å²) in [6, 6.07) is 12.0. The Labute approximate surface area is 151 Å². The number of amides is 1. The maximum Gasteiger partial charge on any atom is 0.263 e. The summed E-state index contributed by atoms with van der Waals surface area (Å²) in [5.41, 5.74) is 3.99. The molecular weight excluding hydrogens is 332 g/mol. The normalized spacial score (nSPS) is 10.8. The van der Waals surface area contributed by atoms with E-state index in [0.717, 1.165) is 40.6 Å². The highest BCUT2D eigenvalue weighted by Crippen LogP contribution is 2.27. The minimum Gasteiger partial charge on any atom is -0.351 e. The van der Waals surface area contributed by atoms with E-state index < -0.39 is 0 Å². The van der Waals surface area contributed by atoms with E-state index in [2.05, 4.69) is 21.5 Å². The standard InChI is InChI=1S/C19H22N4OS/c1-13-12-14(2)23(22-13)11-7-10-20-18(24)17-15(3)21-19(25-17)16-8-5-4-6-9-16/h4-6,8-9,12H,7,10-11H2,1-3H3,(H,20,24). The van der Waals surface area contributed by atoms with Gasteiger partial charge in [-0.05, 0) is 33.3 Å². The van der Waals surface area contributed by atoms with E-state index >= 15 is 0 Å². The van der Waals surface area contributed by atoms with Crippen molar-refractivity contribution in [3.05, 3.63) is 58.4 Å². The van der Waals surface area contributed by atoms with E-state index in [9.17, 15) is 4.79 Å². The zero-order valence-electron chi connectivity index (χ0n) is 14.7. The molecule has 3 aromatic rings. The molecule has 0 atom stereocenters. The minimum absolute atomic E-state index is 0.0504. The molecule has 0 saturated heterocycles. The fourth-order valence-electron chi connectivity index (χ4n) is 2.72. The predicted molar refractivity (Wildman–Crippen MR) is 101 cm³/mol. The van der Waals surface area contributed by atoms with E-state index in [4.69, 9.17) is 0 Å². The van der Waals surface area contributed by atoms with Crippen molar-refractivity contribution in [1.82, 2.24) is 20.1 Å². The van der Waals surface area contributed by atoms with Crippen molar-refractivity contribution >= 4 is 17.2 Å². The Balaban J connectivity index is 1.56. The van der Waals surface area contributed by atoms with E-state index in [1.807, 2.05) is 55.8 Å². The quantitative estimate of drug-likeness (QED) is 0.686. The first kappa shape index (κ1) is 17.4. The molecule has 0 aliphatic carbocycles. The van der Waals surface area contributed by atoms with Crippen LogP contribution in [0.15, 0.2) is 36.4 Å². The third-order valence-corrected chi connectivity index (χ3v) is 5.16. The molecule has 0 fully saturated rings. The van der Waals surface area contributed by atoms with Crippen LogP contribution in [0.5, 0.6) is 0 Å². The summed E-state index contributed by atoms with van der Waals surface area (Å²) in [4.78, 5) is 17.7. The lowest BCUT2D eigenvalue weighted by Crippen LogP contribution is -2.25. The van der Waals surface area contributed by atoms with Crippen LogP contribution in [0, 0.1) is 20.8 Å². The lowest BCUT2D eigenvalue weighted by molar-refractivity contribution is 0.0956. The largest absolute Gasteiger partial charge is 0.351 e. The van der Waals surface area contributed by atoms with Crippen molar-refractivity contribution < 1.29 is 4.79 Å². The van der Waals surface area contributed by atoms with Gasteiger partial charge in [0.05, 0.1) is 11.4 Å². The molecule has 2 aromatic heterocycles. The average molecular weight is 354 g/mol. The van der Waals surface area contributed by atoms with Gasteiger partial charge in [0.25, 0.3) is 5.91 Å². The van der Waals surface area contributed by atoms with Crippen molar-refractivity contribution in [3.8, 4) is 10.6 Å². The molecule has 1 amide bonds. The molecule has 0 unspecified atom stereocenters. The second-order valence-electron chi connectivity index (χ2n) is 6.06. The third-order valence-electron chi connectivity index (χ3n) is 3.96. The van der Waals surface area contributed by atoms with Gasteiger partial charge in [0, 0.05) is 24.3 Å². The van der Waals surface area contributed by atoms with Crippen molar-refractivity contribution in [3.63, 3.8) is 0 Å². The molecular formula is C19H22N4OS. The van der Waals surface area contributed by atoms with Crippen LogP contribution >= 0.6 is 11.3 Å². The molecule has 0 spiro atoms. The number of benzene rings is 1. The van der Waals surface area contributed by atoms with Gasteiger partial charge in [-0.2, -0.15) is 5.10 Å². The highest BCUT2D eigenvalue weighted by Gasteiger charge is 2.15. The van der Waals surface area contributed by atoms with Gasteiger partial charge in [-0.1, -0.05) is 30.3 Å². The van der Waals surface area contributed by atoms with Gasteiger partial charge < -0.3 is 5.32 Å². The average Bonchev–Trinajstić information content (AvgIpc) is 3.14. The Kier molecular flexibility index (Phi) is 5.28. The number of nitrogens with zero attached hydrogens (tertiary/aromatic N) is 3. The molecule has 1 aromatic carbocycles. The van der Waals surface area contributed by atoms with E-state index in [-0.39, 0.29) is 5.91 Å².